The number of urea groups is 1. The smallest absolute Gasteiger partial charge is 0.321 e. The zero-order valence-electron chi connectivity index (χ0n) is 16.2. The minimum absolute atomic E-state index is 0.141. The summed E-state index contributed by atoms with van der Waals surface area (Å²) in [6.45, 7) is 1.34. The molecule has 0 aliphatic carbocycles. The van der Waals surface area contributed by atoms with Crippen LogP contribution in [0.3, 0.4) is 0 Å². The summed E-state index contributed by atoms with van der Waals surface area (Å²) in [5.41, 5.74) is 0.847. The van der Waals surface area contributed by atoms with Crippen LogP contribution < -0.4 is 16.0 Å². The van der Waals surface area contributed by atoms with Crippen LogP contribution >= 0.6 is 0 Å². The summed E-state index contributed by atoms with van der Waals surface area (Å²) in [5.74, 6) is -2.26. The van der Waals surface area contributed by atoms with Crippen molar-refractivity contribution in [1.29, 1.82) is 0 Å². The Morgan fingerprint density at radius 3 is 1.83 bits per heavy atom. The van der Waals surface area contributed by atoms with Crippen LogP contribution in [-0.2, 0) is 9.59 Å². The second-order valence-electron chi connectivity index (χ2n) is 7.04. The number of amides is 4. The molecule has 0 aromatic heterocycles. The first-order valence-electron chi connectivity index (χ1n) is 9.57. The van der Waals surface area contributed by atoms with Crippen molar-refractivity contribution in [2.75, 3.05) is 30.3 Å². The standard InChI is InChI=1S/C21H22F2N4O3/c22-15-1-5-17(6-2-15)25-20(29)19(28)24-13-14-9-11-27(12-10-14)21(30)26-18-7-3-16(23)4-8-18/h1-8,14H,9-13H2,(H,24,28)(H,25,29)(H,26,30). The molecule has 1 aliphatic rings. The van der Waals surface area contributed by atoms with Gasteiger partial charge in [-0.15, -0.1) is 0 Å². The first kappa shape index (κ1) is 21.2. The molecule has 0 radical (unpaired) electrons. The molecule has 1 heterocycles. The van der Waals surface area contributed by atoms with Crippen molar-refractivity contribution in [1.82, 2.24) is 10.2 Å². The maximum atomic E-state index is 12.9. The topological polar surface area (TPSA) is 90.5 Å². The fourth-order valence-corrected chi connectivity index (χ4v) is 3.11. The number of carbonyl (C=O) groups excluding carboxylic acids is 3. The Balaban J connectivity index is 1.38. The van der Waals surface area contributed by atoms with Crippen molar-refractivity contribution in [2.24, 2.45) is 5.92 Å². The SMILES string of the molecule is O=C(NCC1CCN(C(=O)Nc2ccc(F)cc2)CC1)C(=O)Nc1ccc(F)cc1. The lowest BCUT2D eigenvalue weighted by Crippen LogP contribution is -2.44. The normalized spacial score (nSPS) is 14.1. The third-order valence-electron chi connectivity index (χ3n) is 4.86. The predicted octanol–water partition coefficient (Wildman–Crippen LogP) is 2.96. The van der Waals surface area contributed by atoms with E-state index in [9.17, 15) is 23.2 Å². The molecule has 2 aromatic rings. The number of nitrogens with zero attached hydrogens (tertiary/aromatic N) is 1. The summed E-state index contributed by atoms with van der Waals surface area (Å²) in [5, 5.41) is 7.72. The molecule has 7 nitrogen and oxygen atoms in total. The van der Waals surface area contributed by atoms with E-state index >= 15 is 0 Å². The first-order chi connectivity index (χ1) is 14.4. The Morgan fingerprint density at radius 2 is 1.30 bits per heavy atom. The number of hydrogen-bond acceptors (Lipinski definition) is 3. The van der Waals surface area contributed by atoms with Gasteiger partial charge in [-0.3, -0.25) is 9.59 Å². The monoisotopic (exact) mass is 416 g/mol. The highest BCUT2D eigenvalue weighted by atomic mass is 19.1. The zero-order valence-corrected chi connectivity index (χ0v) is 16.2. The zero-order chi connectivity index (χ0) is 21.5. The van der Waals surface area contributed by atoms with Crippen LogP contribution in [0.5, 0.6) is 0 Å². The van der Waals surface area contributed by atoms with Gasteiger partial charge in [0, 0.05) is 31.0 Å². The van der Waals surface area contributed by atoms with Crippen molar-refractivity contribution in [3.05, 3.63) is 60.2 Å². The Kier molecular flexibility index (Phi) is 6.95. The summed E-state index contributed by atoms with van der Waals surface area (Å²) >= 11 is 0. The molecule has 4 amide bonds. The minimum Gasteiger partial charge on any atom is -0.348 e. The number of benzene rings is 2. The van der Waals surface area contributed by atoms with Crippen molar-refractivity contribution >= 4 is 29.2 Å². The fourth-order valence-electron chi connectivity index (χ4n) is 3.11. The largest absolute Gasteiger partial charge is 0.348 e. The molecule has 30 heavy (non-hydrogen) atoms. The van der Waals surface area contributed by atoms with Gasteiger partial charge in [0.15, 0.2) is 0 Å². The van der Waals surface area contributed by atoms with E-state index in [4.69, 9.17) is 0 Å². The third-order valence-corrected chi connectivity index (χ3v) is 4.86. The summed E-state index contributed by atoms with van der Waals surface area (Å²) < 4.78 is 25.8. The Bertz CT molecular complexity index is 895. The lowest BCUT2D eigenvalue weighted by atomic mass is 9.97. The number of nitrogens with one attached hydrogen (secondary N) is 3. The molecule has 0 atom stereocenters. The maximum absolute atomic E-state index is 12.9. The molecule has 0 spiro atoms. The van der Waals surface area contributed by atoms with E-state index in [1.807, 2.05) is 0 Å². The van der Waals surface area contributed by atoms with E-state index < -0.39 is 17.6 Å². The van der Waals surface area contributed by atoms with E-state index in [0.717, 1.165) is 0 Å². The van der Waals surface area contributed by atoms with E-state index in [0.29, 0.717) is 43.9 Å². The Morgan fingerprint density at radius 1 is 0.800 bits per heavy atom. The van der Waals surface area contributed by atoms with Gasteiger partial charge in [-0.25, -0.2) is 13.6 Å². The number of carbonyl (C=O) groups is 3. The molecule has 9 heteroatoms. The molecule has 3 N–H and O–H groups in total. The van der Waals surface area contributed by atoms with Gasteiger partial charge in [0.1, 0.15) is 11.6 Å². The molecule has 2 aromatic carbocycles. The Hall–Kier alpha value is -3.49. The molecule has 158 valence electrons. The van der Waals surface area contributed by atoms with Gasteiger partial charge < -0.3 is 20.9 Å². The van der Waals surface area contributed by atoms with Gasteiger partial charge in [-0.2, -0.15) is 0 Å². The highest BCUT2D eigenvalue weighted by Gasteiger charge is 2.24. The number of halogens is 2. The number of rotatable bonds is 4. The second kappa shape index (κ2) is 9.82. The molecule has 1 saturated heterocycles. The molecule has 0 unspecified atom stereocenters. The quantitative estimate of drug-likeness (QED) is 0.670. The van der Waals surface area contributed by atoms with Crippen LogP contribution in [0.1, 0.15) is 12.8 Å². The van der Waals surface area contributed by atoms with Crippen molar-refractivity contribution in [3.8, 4) is 0 Å². The van der Waals surface area contributed by atoms with Gasteiger partial charge in [0.2, 0.25) is 0 Å². The summed E-state index contributed by atoms with van der Waals surface area (Å²) in [4.78, 5) is 37.8. The van der Waals surface area contributed by atoms with E-state index in [2.05, 4.69) is 16.0 Å². The maximum Gasteiger partial charge on any atom is 0.321 e. The van der Waals surface area contributed by atoms with E-state index in [1.165, 1.54) is 48.5 Å². The summed E-state index contributed by atoms with van der Waals surface area (Å²) in [6.07, 6.45) is 1.35. The number of likely N-dealkylation sites (tertiary alicyclic amines) is 1. The highest BCUT2D eigenvalue weighted by molar-refractivity contribution is 6.39. The molecular formula is C21H22F2N4O3. The van der Waals surface area contributed by atoms with Crippen molar-refractivity contribution in [3.63, 3.8) is 0 Å². The van der Waals surface area contributed by atoms with Gasteiger partial charge in [0.05, 0.1) is 0 Å². The van der Waals surface area contributed by atoms with Crippen molar-refractivity contribution in [2.45, 2.75) is 12.8 Å². The Labute approximate surface area is 172 Å². The average Bonchev–Trinajstić information content (AvgIpc) is 2.75. The van der Waals surface area contributed by atoms with Gasteiger partial charge in [-0.1, -0.05) is 0 Å². The number of hydrogen-bond donors (Lipinski definition) is 3. The van der Waals surface area contributed by atoms with Gasteiger partial charge >= 0.3 is 17.8 Å². The fraction of sp³-hybridized carbons (Fsp3) is 0.286. The molecule has 1 fully saturated rings. The molecule has 3 rings (SSSR count). The van der Waals surface area contributed by atoms with Gasteiger partial charge in [0.25, 0.3) is 0 Å². The van der Waals surface area contributed by atoms with E-state index in [1.54, 1.807) is 4.90 Å². The lowest BCUT2D eigenvalue weighted by molar-refractivity contribution is -0.136. The van der Waals surface area contributed by atoms with Crippen molar-refractivity contribution < 1.29 is 23.2 Å². The lowest BCUT2D eigenvalue weighted by Gasteiger charge is -2.32. The first-order valence-corrected chi connectivity index (χ1v) is 9.57. The second-order valence-corrected chi connectivity index (χ2v) is 7.04. The minimum atomic E-state index is -0.822. The molecule has 0 bridgehead atoms. The summed E-state index contributed by atoms with van der Waals surface area (Å²) in [6, 6.07) is 10.4. The number of piperidine rings is 1. The highest BCUT2D eigenvalue weighted by Crippen LogP contribution is 2.18. The summed E-state index contributed by atoms with van der Waals surface area (Å²) in [7, 11) is 0. The van der Waals surface area contributed by atoms with Crippen LogP contribution in [0, 0.1) is 17.6 Å². The number of anilines is 2. The van der Waals surface area contributed by atoms with Crippen LogP contribution in [-0.4, -0.2) is 42.4 Å². The van der Waals surface area contributed by atoms with Crippen LogP contribution in [0.4, 0.5) is 25.0 Å². The van der Waals surface area contributed by atoms with Crippen LogP contribution in [0.2, 0.25) is 0 Å². The third kappa shape index (κ3) is 6.00. The van der Waals surface area contributed by atoms with Crippen LogP contribution in [0.15, 0.2) is 48.5 Å². The van der Waals surface area contributed by atoms with Crippen LogP contribution in [0.25, 0.3) is 0 Å². The molecular weight excluding hydrogens is 394 g/mol. The predicted molar refractivity (Wildman–Crippen MR) is 108 cm³/mol. The van der Waals surface area contributed by atoms with E-state index in [-0.39, 0.29) is 17.8 Å². The molecule has 0 saturated carbocycles. The average molecular weight is 416 g/mol. The van der Waals surface area contributed by atoms with Gasteiger partial charge in [-0.05, 0) is 67.3 Å². The molecule has 1 aliphatic heterocycles.